The first-order chi connectivity index (χ1) is 4.74. The summed E-state index contributed by atoms with van der Waals surface area (Å²) in [7, 11) is 0. The number of carbonyl (C=O) groups is 2. The summed E-state index contributed by atoms with van der Waals surface area (Å²) in [5.41, 5.74) is 1.77. The summed E-state index contributed by atoms with van der Waals surface area (Å²) in [5.74, 6) is 0.188. The van der Waals surface area contributed by atoms with Crippen molar-refractivity contribution in [2.24, 2.45) is 0 Å². The van der Waals surface area contributed by atoms with Gasteiger partial charge in [0.1, 0.15) is 12.1 Å². The van der Waals surface area contributed by atoms with Crippen LogP contribution in [0, 0.1) is 0 Å². The van der Waals surface area contributed by atoms with Crippen LogP contribution in [0.25, 0.3) is 0 Å². The first kappa shape index (κ1) is 7.19. The molecule has 0 fully saturated rings. The molecule has 0 aliphatic heterocycles. The monoisotopic (exact) mass is 138 g/mol. The van der Waals surface area contributed by atoms with Crippen LogP contribution in [0.4, 0.5) is 0 Å². The third-order valence-electron chi connectivity index (χ3n) is 1.86. The maximum absolute atomic E-state index is 10.8. The molecular weight excluding hydrogens is 128 g/mol. The third kappa shape index (κ3) is 1.32. The molecule has 1 aliphatic rings. The highest BCUT2D eigenvalue weighted by Crippen LogP contribution is 2.19. The molecule has 0 aromatic rings. The average Bonchev–Trinajstić information content (AvgIpc) is 1.94. The molecule has 0 unspecified atom stereocenters. The topological polar surface area (TPSA) is 34.1 Å². The van der Waals surface area contributed by atoms with Crippen LogP contribution in [-0.4, -0.2) is 12.1 Å². The molecule has 0 atom stereocenters. The maximum Gasteiger partial charge on any atom is 0.146 e. The normalized spacial score (nSPS) is 19.5. The average molecular weight is 138 g/mol. The summed E-state index contributed by atoms with van der Waals surface area (Å²) in [6.07, 6.45) is 2.54. The lowest BCUT2D eigenvalue weighted by Gasteiger charge is -2.11. The van der Waals surface area contributed by atoms with Gasteiger partial charge in [0.15, 0.2) is 0 Å². The minimum absolute atomic E-state index is 0.188. The van der Waals surface area contributed by atoms with Crippen molar-refractivity contribution < 1.29 is 9.59 Å². The van der Waals surface area contributed by atoms with E-state index in [2.05, 4.69) is 0 Å². The van der Waals surface area contributed by atoms with Crippen molar-refractivity contribution in [1.29, 1.82) is 0 Å². The highest BCUT2D eigenvalue weighted by atomic mass is 16.1. The second-order valence-electron chi connectivity index (χ2n) is 2.64. The van der Waals surface area contributed by atoms with E-state index in [1.165, 1.54) is 0 Å². The van der Waals surface area contributed by atoms with Crippen molar-refractivity contribution in [3.8, 4) is 0 Å². The van der Waals surface area contributed by atoms with Crippen LogP contribution in [-0.2, 0) is 9.59 Å². The van der Waals surface area contributed by atoms with Gasteiger partial charge in [-0.1, -0.05) is 5.57 Å². The van der Waals surface area contributed by atoms with Crippen LogP contribution in [0.2, 0.25) is 0 Å². The van der Waals surface area contributed by atoms with Gasteiger partial charge in [0, 0.05) is 12.8 Å². The summed E-state index contributed by atoms with van der Waals surface area (Å²) >= 11 is 0. The van der Waals surface area contributed by atoms with Gasteiger partial charge in [-0.15, -0.1) is 0 Å². The number of ketones is 1. The van der Waals surface area contributed by atoms with E-state index in [1.54, 1.807) is 0 Å². The highest BCUT2D eigenvalue weighted by molar-refractivity contribution is 5.91. The van der Waals surface area contributed by atoms with Crippen LogP contribution in [0.1, 0.15) is 26.2 Å². The molecule has 0 heterocycles. The molecule has 0 spiro atoms. The summed E-state index contributed by atoms with van der Waals surface area (Å²) in [5, 5.41) is 0. The Morgan fingerprint density at radius 2 is 2.10 bits per heavy atom. The Kier molecular flexibility index (Phi) is 2.00. The standard InChI is InChI=1S/C8H10O2/c1-6-2-3-8(10)4-7(6)5-9/h5H,2-4H2,1H3. The van der Waals surface area contributed by atoms with Crippen molar-refractivity contribution in [1.82, 2.24) is 0 Å². The van der Waals surface area contributed by atoms with Gasteiger partial charge in [-0.25, -0.2) is 0 Å². The van der Waals surface area contributed by atoms with Gasteiger partial charge < -0.3 is 0 Å². The first-order valence-corrected chi connectivity index (χ1v) is 3.39. The van der Waals surface area contributed by atoms with Gasteiger partial charge in [0.05, 0.1) is 0 Å². The van der Waals surface area contributed by atoms with E-state index >= 15 is 0 Å². The van der Waals surface area contributed by atoms with E-state index in [9.17, 15) is 9.59 Å². The number of Topliss-reactive ketones (excluding diaryl/α,β-unsaturated/α-hetero) is 1. The van der Waals surface area contributed by atoms with Crippen LogP contribution in [0.5, 0.6) is 0 Å². The van der Waals surface area contributed by atoms with Crippen molar-refractivity contribution in [2.75, 3.05) is 0 Å². The van der Waals surface area contributed by atoms with Crippen molar-refractivity contribution in [3.05, 3.63) is 11.1 Å². The molecule has 1 aliphatic carbocycles. The molecule has 0 amide bonds. The van der Waals surface area contributed by atoms with E-state index in [0.717, 1.165) is 18.3 Å². The Morgan fingerprint density at radius 3 is 2.60 bits per heavy atom. The Balaban J connectivity index is 2.81. The van der Waals surface area contributed by atoms with Gasteiger partial charge >= 0.3 is 0 Å². The zero-order chi connectivity index (χ0) is 7.56. The van der Waals surface area contributed by atoms with E-state index in [-0.39, 0.29) is 5.78 Å². The molecule has 0 aromatic carbocycles. The quantitative estimate of drug-likeness (QED) is 0.511. The third-order valence-corrected chi connectivity index (χ3v) is 1.86. The molecule has 0 N–H and O–H groups in total. The number of hydrogen-bond acceptors (Lipinski definition) is 2. The van der Waals surface area contributed by atoms with E-state index in [1.807, 2.05) is 6.92 Å². The molecule has 0 saturated heterocycles. The summed E-state index contributed by atoms with van der Waals surface area (Å²) in [4.78, 5) is 21.1. The minimum atomic E-state index is 0.188. The number of rotatable bonds is 1. The van der Waals surface area contributed by atoms with Gasteiger partial charge in [-0.3, -0.25) is 9.59 Å². The molecular formula is C8H10O2. The number of carbonyl (C=O) groups excluding carboxylic acids is 2. The lowest BCUT2D eigenvalue weighted by Crippen LogP contribution is -2.08. The molecule has 0 aromatic heterocycles. The summed E-state index contributed by atoms with van der Waals surface area (Å²) < 4.78 is 0. The van der Waals surface area contributed by atoms with Gasteiger partial charge in [-0.05, 0) is 18.9 Å². The van der Waals surface area contributed by atoms with Crippen LogP contribution in [0.3, 0.4) is 0 Å². The Labute approximate surface area is 59.9 Å². The fourth-order valence-corrected chi connectivity index (χ4v) is 1.08. The maximum atomic E-state index is 10.8. The van der Waals surface area contributed by atoms with E-state index in [4.69, 9.17) is 0 Å². The second kappa shape index (κ2) is 2.78. The molecule has 1 rings (SSSR count). The molecule has 0 saturated carbocycles. The Morgan fingerprint density at radius 1 is 1.40 bits per heavy atom. The zero-order valence-corrected chi connectivity index (χ0v) is 6.02. The first-order valence-electron chi connectivity index (χ1n) is 3.39. The van der Waals surface area contributed by atoms with Crippen LogP contribution >= 0.6 is 0 Å². The fourth-order valence-electron chi connectivity index (χ4n) is 1.08. The smallest absolute Gasteiger partial charge is 0.146 e. The molecule has 10 heavy (non-hydrogen) atoms. The van der Waals surface area contributed by atoms with Crippen LogP contribution in [0.15, 0.2) is 11.1 Å². The molecule has 2 heteroatoms. The van der Waals surface area contributed by atoms with E-state index < -0.39 is 0 Å². The predicted molar refractivity (Wildman–Crippen MR) is 37.6 cm³/mol. The number of hydrogen-bond donors (Lipinski definition) is 0. The number of allylic oxidation sites excluding steroid dienone is 2. The largest absolute Gasteiger partial charge is 0.299 e. The SMILES string of the molecule is CC1=C(C=O)CC(=O)CC1. The zero-order valence-electron chi connectivity index (χ0n) is 6.02. The second-order valence-corrected chi connectivity index (χ2v) is 2.64. The van der Waals surface area contributed by atoms with Crippen molar-refractivity contribution in [3.63, 3.8) is 0 Å². The fraction of sp³-hybridized carbons (Fsp3) is 0.500. The van der Waals surface area contributed by atoms with Crippen molar-refractivity contribution >= 4 is 12.1 Å². The summed E-state index contributed by atoms with van der Waals surface area (Å²) in [6.45, 7) is 1.91. The van der Waals surface area contributed by atoms with Gasteiger partial charge in [-0.2, -0.15) is 0 Å². The lowest BCUT2D eigenvalue weighted by atomic mass is 9.93. The van der Waals surface area contributed by atoms with Gasteiger partial charge in [0.2, 0.25) is 0 Å². The molecule has 54 valence electrons. The van der Waals surface area contributed by atoms with Crippen LogP contribution < -0.4 is 0 Å². The molecule has 0 radical (unpaired) electrons. The lowest BCUT2D eigenvalue weighted by molar-refractivity contribution is -0.119. The van der Waals surface area contributed by atoms with E-state index in [0.29, 0.717) is 18.4 Å². The Bertz CT molecular complexity index is 201. The molecule has 2 nitrogen and oxygen atoms in total. The summed E-state index contributed by atoms with van der Waals surface area (Å²) in [6, 6.07) is 0. The predicted octanol–water partition coefficient (Wildman–Crippen LogP) is 1.25. The van der Waals surface area contributed by atoms with Crippen molar-refractivity contribution in [2.45, 2.75) is 26.2 Å². The van der Waals surface area contributed by atoms with Gasteiger partial charge in [0.25, 0.3) is 0 Å². The minimum Gasteiger partial charge on any atom is -0.299 e. The Hall–Kier alpha value is -0.920. The number of aldehydes is 1. The highest BCUT2D eigenvalue weighted by Gasteiger charge is 2.14. The molecule has 0 bridgehead atoms.